The van der Waals surface area contributed by atoms with E-state index in [1.165, 1.54) is 26.4 Å². The maximum Gasteiger partial charge on any atom is 0.326 e. The average Bonchev–Trinajstić information content (AvgIpc) is 2.65. The maximum absolute atomic E-state index is 13.3. The summed E-state index contributed by atoms with van der Waals surface area (Å²) in [6.07, 6.45) is 0.630. The quantitative estimate of drug-likeness (QED) is 0.694. The number of esters is 1. The Balaban J connectivity index is 2.60. The van der Waals surface area contributed by atoms with E-state index in [9.17, 15) is 13.2 Å². The molecule has 0 aromatic heterocycles. The van der Waals surface area contributed by atoms with E-state index < -0.39 is 22.5 Å². The molecule has 0 radical (unpaired) electrons. The molecule has 0 unspecified atom stereocenters. The number of sulfonamides is 1. The van der Waals surface area contributed by atoms with Gasteiger partial charge in [-0.25, -0.2) is 8.42 Å². The third-order valence-electron chi connectivity index (χ3n) is 4.10. The Kier molecular flexibility index (Phi) is 6.26. The van der Waals surface area contributed by atoms with Crippen LogP contribution in [0.3, 0.4) is 0 Å². The molecule has 2 aromatic carbocycles. The first kappa shape index (κ1) is 19.8. The van der Waals surface area contributed by atoms with Gasteiger partial charge in [0.1, 0.15) is 12.3 Å². The molecule has 2 aromatic rings. The van der Waals surface area contributed by atoms with Gasteiger partial charge >= 0.3 is 5.97 Å². The predicted molar refractivity (Wildman–Crippen MR) is 100 cm³/mol. The molecule has 7 heteroatoms. The number of ether oxygens (including phenoxy) is 2. The average molecular weight is 377 g/mol. The van der Waals surface area contributed by atoms with E-state index in [0.717, 1.165) is 9.87 Å². The zero-order chi connectivity index (χ0) is 19.3. The van der Waals surface area contributed by atoms with Crippen molar-refractivity contribution >= 4 is 21.7 Å². The molecule has 0 bridgehead atoms. The summed E-state index contributed by atoms with van der Waals surface area (Å²) in [5.41, 5.74) is 1.98. The number of methoxy groups -OCH3 is 2. The lowest BCUT2D eigenvalue weighted by molar-refractivity contribution is -0.138. The van der Waals surface area contributed by atoms with Gasteiger partial charge < -0.3 is 9.47 Å². The van der Waals surface area contributed by atoms with Crippen LogP contribution < -0.4 is 9.04 Å². The Morgan fingerprint density at radius 1 is 1.12 bits per heavy atom. The highest BCUT2D eigenvalue weighted by atomic mass is 32.2. The Morgan fingerprint density at radius 3 is 2.38 bits per heavy atom. The highest BCUT2D eigenvalue weighted by Gasteiger charge is 2.29. The molecule has 140 valence electrons. The first-order valence-electron chi connectivity index (χ1n) is 8.17. The SMILES string of the molecule is CCc1ccccc1N(CC(=O)OC)S(=O)(=O)c1ccc(OC)c(C)c1. The summed E-state index contributed by atoms with van der Waals surface area (Å²) in [5.74, 6) is -0.0397. The summed E-state index contributed by atoms with van der Waals surface area (Å²) in [4.78, 5) is 12.0. The topological polar surface area (TPSA) is 72.9 Å². The minimum Gasteiger partial charge on any atom is -0.496 e. The van der Waals surface area contributed by atoms with Crippen molar-refractivity contribution in [1.82, 2.24) is 0 Å². The molecule has 0 atom stereocenters. The van der Waals surface area contributed by atoms with Crippen molar-refractivity contribution in [3.63, 3.8) is 0 Å². The molecule has 0 spiro atoms. The third-order valence-corrected chi connectivity index (χ3v) is 5.85. The highest BCUT2D eigenvalue weighted by molar-refractivity contribution is 7.92. The van der Waals surface area contributed by atoms with Crippen molar-refractivity contribution in [2.45, 2.75) is 25.2 Å². The second-order valence-corrected chi connectivity index (χ2v) is 7.56. The fourth-order valence-corrected chi connectivity index (χ4v) is 4.21. The zero-order valence-electron chi connectivity index (χ0n) is 15.4. The van der Waals surface area contributed by atoms with Crippen LogP contribution in [0.1, 0.15) is 18.1 Å². The molecular formula is C19H23NO5S. The highest BCUT2D eigenvalue weighted by Crippen LogP contribution is 2.29. The maximum atomic E-state index is 13.3. The van der Waals surface area contributed by atoms with E-state index in [-0.39, 0.29) is 4.90 Å². The Hall–Kier alpha value is -2.54. The van der Waals surface area contributed by atoms with E-state index in [1.54, 1.807) is 25.1 Å². The van der Waals surface area contributed by atoms with Crippen molar-refractivity contribution in [2.75, 3.05) is 25.1 Å². The largest absolute Gasteiger partial charge is 0.496 e. The number of carbonyl (C=O) groups is 1. The van der Waals surface area contributed by atoms with Crippen molar-refractivity contribution in [3.05, 3.63) is 53.6 Å². The summed E-state index contributed by atoms with van der Waals surface area (Å²) in [6.45, 7) is 3.29. The Bertz CT molecular complexity index is 893. The van der Waals surface area contributed by atoms with Gasteiger partial charge in [0.15, 0.2) is 0 Å². The van der Waals surface area contributed by atoms with E-state index >= 15 is 0 Å². The van der Waals surface area contributed by atoms with Gasteiger partial charge in [-0.2, -0.15) is 0 Å². The number of para-hydroxylation sites is 1. The van der Waals surface area contributed by atoms with Gasteiger partial charge in [0.25, 0.3) is 10.0 Å². The number of carbonyl (C=O) groups excluding carboxylic acids is 1. The van der Waals surface area contributed by atoms with E-state index in [2.05, 4.69) is 0 Å². The molecule has 6 nitrogen and oxygen atoms in total. The monoisotopic (exact) mass is 377 g/mol. The van der Waals surface area contributed by atoms with Crippen LogP contribution in [0.4, 0.5) is 5.69 Å². The summed E-state index contributed by atoms with van der Waals surface area (Å²) < 4.78 is 37.6. The van der Waals surface area contributed by atoms with Crippen molar-refractivity contribution in [1.29, 1.82) is 0 Å². The van der Waals surface area contributed by atoms with Crippen LogP contribution >= 0.6 is 0 Å². The minimum absolute atomic E-state index is 0.0885. The number of nitrogens with zero attached hydrogens (tertiary/aromatic N) is 1. The van der Waals surface area contributed by atoms with Gasteiger partial charge in [-0.3, -0.25) is 9.10 Å². The van der Waals surface area contributed by atoms with Crippen LogP contribution in [0.2, 0.25) is 0 Å². The molecule has 0 amide bonds. The normalized spacial score (nSPS) is 11.1. The van der Waals surface area contributed by atoms with Crippen LogP contribution in [0, 0.1) is 6.92 Å². The summed E-state index contributed by atoms with van der Waals surface area (Å²) in [6, 6.07) is 11.7. The molecule has 0 aliphatic carbocycles. The molecule has 0 saturated carbocycles. The molecule has 2 rings (SSSR count). The zero-order valence-corrected chi connectivity index (χ0v) is 16.2. The minimum atomic E-state index is -3.96. The lowest BCUT2D eigenvalue weighted by atomic mass is 10.1. The molecule has 0 fully saturated rings. The van der Waals surface area contributed by atoms with Gasteiger partial charge in [0.05, 0.1) is 24.8 Å². The molecule has 0 aliphatic heterocycles. The number of rotatable bonds is 7. The number of hydrogen-bond donors (Lipinski definition) is 0. The van der Waals surface area contributed by atoms with Crippen LogP contribution in [-0.4, -0.2) is 35.2 Å². The van der Waals surface area contributed by atoms with E-state index in [1.807, 2.05) is 19.1 Å². The number of anilines is 1. The number of hydrogen-bond acceptors (Lipinski definition) is 5. The molecule has 0 aliphatic rings. The van der Waals surface area contributed by atoms with Crippen LogP contribution in [-0.2, 0) is 26.0 Å². The van der Waals surface area contributed by atoms with Gasteiger partial charge in [0, 0.05) is 0 Å². The van der Waals surface area contributed by atoms with E-state index in [0.29, 0.717) is 23.4 Å². The van der Waals surface area contributed by atoms with E-state index in [4.69, 9.17) is 9.47 Å². The summed E-state index contributed by atoms with van der Waals surface area (Å²) in [7, 11) is -1.20. The standard InChI is InChI=1S/C19H23NO5S/c1-5-15-8-6-7-9-17(15)20(13-19(21)25-4)26(22,23)16-10-11-18(24-3)14(2)12-16/h6-12H,5,13H2,1-4H3. The van der Waals surface area contributed by atoms with Gasteiger partial charge in [-0.15, -0.1) is 0 Å². The van der Waals surface area contributed by atoms with Crippen LogP contribution in [0.25, 0.3) is 0 Å². The molecule has 0 heterocycles. The number of benzene rings is 2. The van der Waals surface area contributed by atoms with Crippen molar-refractivity contribution < 1.29 is 22.7 Å². The second-order valence-electron chi connectivity index (χ2n) is 5.70. The first-order valence-corrected chi connectivity index (χ1v) is 9.61. The van der Waals surface area contributed by atoms with Gasteiger partial charge in [0.2, 0.25) is 0 Å². The van der Waals surface area contributed by atoms with Crippen molar-refractivity contribution in [2.24, 2.45) is 0 Å². The molecular weight excluding hydrogens is 354 g/mol. The van der Waals surface area contributed by atoms with Crippen LogP contribution in [0.5, 0.6) is 5.75 Å². The molecule has 26 heavy (non-hydrogen) atoms. The molecule has 0 N–H and O–H groups in total. The number of aryl methyl sites for hydroxylation is 2. The lowest BCUT2D eigenvalue weighted by Gasteiger charge is -2.25. The molecule has 0 saturated heterocycles. The van der Waals surface area contributed by atoms with Gasteiger partial charge in [-0.1, -0.05) is 25.1 Å². The third kappa shape index (κ3) is 3.99. The summed E-state index contributed by atoms with van der Waals surface area (Å²) >= 11 is 0. The summed E-state index contributed by atoms with van der Waals surface area (Å²) in [5, 5.41) is 0. The lowest BCUT2D eigenvalue weighted by Crippen LogP contribution is -2.37. The van der Waals surface area contributed by atoms with Gasteiger partial charge in [-0.05, 0) is 48.7 Å². The smallest absolute Gasteiger partial charge is 0.326 e. The second kappa shape index (κ2) is 8.23. The first-order chi connectivity index (χ1) is 12.3. The predicted octanol–water partition coefficient (Wildman–Crippen LogP) is 2.93. The Labute approximate surface area is 154 Å². The Morgan fingerprint density at radius 2 is 1.81 bits per heavy atom. The fraction of sp³-hybridized carbons (Fsp3) is 0.316. The van der Waals surface area contributed by atoms with Crippen LogP contribution in [0.15, 0.2) is 47.4 Å². The fourth-order valence-electron chi connectivity index (χ4n) is 2.67. The van der Waals surface area contributed by atoms with Crippen molar-refractivity contribution in [3.8, 4) is 5.75 Å².